The van der Waals surface area contributed by atoms with E-state index in [9.17, 15) is 4.79 Å². The number of hydrogen-bond donors (Lipinski definition) is 1. The van der Waals surface area contributed by atoms with Gasteiger partial charge in [-0.1, -0.05) is 6.07 Å². The van der Waals surface area contributed by atoms with E-state index in [-0.39, 0.29) is 12.1 Å². The Bertz CT molecular complexity index is 642. The van der Waals surface area contributed by atoms with Crippen LogP contribution in [-0.2, 0) is 11.3 Å². The Labute approximate surface area is 147 Å². The number of carbonyl (C=O) groups excluding carboxylic acids is 1. The van der Waals surface area contributed by atoms with Crippen molar-refractivity contribution in [2.24, 2.45) is 0 Å². The monoisotopic (exact) mass is 344 g/mol. The zero-order valence-electron chi connectivity index (χ0n) is 14.4. The number of furan rings is 1. The van der Waals surface area contributed by atoms with E-state index in [1.54, 1.807) is 24.4 Å². The van der Waals surface area contributed by atoms with Crippen LogP contribution in [0.5, 0.6) is 0 Å². The average Bonchev–Trinajstić information content (AvgIpc) is 3.16. The van der Waals surface area contributed by atoms with Gasteiger partial charge < -0.3 is 19.4 Å². The maximum absolute atomic E-state index is 12.4. The number of nitrogens with one attached hydrogen (secondary N) is 1. The Morgan fingerprint density at radius 2 is 2.20 bits per heavy atom. The highest BCUT2D eigenvalue weighted by Gasteiger charge is 2.24. The Balaban J connectivity index is 1.60. The maximum Gasteiger partial charge on any atom is 0.317 e. The van der Waals surface area contributed by atoms with Crippen LogP contribution in [0.3, 0.4) is 0 Å². The van der Waals surface area contributed by atoms with Crippen molar-refractivity contribution in [2.45, 2.75) is 12.6 Å². The van der Waals surface area contributed by atoms with Gasteiger partial charge in [-0.25, -0.2) is 4.79 Å². The van der Waals surface area contributed by atoms with E-state index in [0.717, 1.165) is 24.4 Å². The number of amides is 2. The SMILES string of the molecule is CN(Cc1ccco1)C(=O)NC[C@@H](c1cccnc1)N1CCOCC1. The van der Waals surface area contributed by atoms with Crippen molar-refractivity contribution in [3.63, 3.8) is 0 Å². The van der Waals surface area contributed by atoms with E-state index >= 15 is 0 Å². The minimum atomic E-state index is -0.126. The van der Waals surface area contributed by atoms with Crippen molar-refractivity contribution in [2.75, 3.05) is 39.9 Å². The standard InChI is InChI=1S/C18H24N4O3/c1-21(14-16-5-3-9-25-16)18(23)20-13-17(15-4-2-6-19-12-15)22-7-10-24-11-8-22/h2-6,9,12,17H,7-8,10-11,13-14H2,1H3,(H,20,23)/t17-/m0/s1. The lowest BCUT2D eigenvalue weighted by molar-refractivity contribution is 0.0164. The second kappa shape index (κ2) is 8.64. The van der Waals surface area contributed by atoms with E-state index in [1.807, 2.05) is 30.5 Å². The topological polar surface area (TPSA) is 70.8 Å². The third-order valence-electron chi connectivity index (χ3n) is 4.32. The highest BCUT2D eigenvalue weighted by Crippen LogP contribution is 2.20. The molecular formula is C18H24N4O3. The van der Waals surface area contributed by atoms with E-state index in [4.69, 9.17) is 9.15 Å². The summed E-state index contributed by atoms with van der Waals surface area (Å²) in [6.07, 6.45) is 5.23. The minimum Gasteiger partial charge on any atom is -0.467 e. The van der Waals surface area contributed by atoms with Gasteiger partial charge in [-0.15, -0.1) is 0 Å². The molecule has 2 amide bonds. The second-order valence-corrected chi connectivity index (χ2v) is 6.07. The molecule has 134 valence electrons. The van der Waals surface area contributed by atoms with Crippen molar-refractivity contribution in [1.82, 2.24) is 20.1 Å². The van der Waals surface area contributed by atoms with E-state index in [1.165, 1.54) is 0 Å². The molecule has 7 heteroatoms. The zero-order valence-corrected chi connectivity index (χ0v) is 14.4. The lowest BCUT2D eigenvalue weighted by Crippen LogP contribution is -2.46. The summed E-state index contributed by atoms with van der Waals surface area (Å²) >= 11 is 0. The Morgan fingerprint density at radius 3 is 2.88 bits per heavy atom. The van der Waals surface area contributed by atoms with Gasteiger partial charge in [0.05, 0.1) is 32.1 Å². The molecule has 0 unspecified atom stereocenters. The van der Waals surface area contributed by atoms with Gasteiger partial charge in [0.15, 0.2) is 0 Å². The number of morpholine rings is 1. The van der Waals surface area contributed by atoms with Crippen LogP contribution in [0.2, 0.25) is 0 Å². The Hall–Kier alpha value is -2.38. The first kappa shape index (κ1) is 17.4. The van der Waals surface area contributed by atoms with Crippen LogP contribution in [0.15, 0.2) is 47.3 Å². The van der Waals surface area contributed by atoms with Crippen LogP contribution in [0, 0.1) is 0 Å². The third-order valence-corrected chi connectivity index (χ3v) is 4.32. The molecule has 0 radical (unpaired) electrons. The first-order valence-corrected chi connectivity index (χ1v) is 8.47. The van der Waals surface area contributed by atoms with Gasteiger partial charge in [-0.05, 0) is 23.8 Å². The highest BCUT2D eigenvalue weighted by molar-refractivity contribution is 5.73. The van der Waals surface area contributed by atoms with Crippen molar-refractivity contribution in [1.29, 1.82) is 0 Å². The van der Waals surface area contributed by atoms with Gasteiger partial charge in [0, 0.05) is 39.1 Å². The molecule has 0 aromatic carbocycles. The first-order chi connectivity index (χ1) is 12.2. The largest absolute Gasteiger partial charge is 0.467 e. The van der Waals surface area contributed by atoms with Crippen molar-refractivity contribution >= 4 is 6.03 Å². The van der Waals surface area contributed by atoms with Gasteiger partial charge in [-0.2, -0.15) is 0 Å². The van der Waals surface area contributed by atoms with E-state index < -0.39 is 0 Å². The number of carbonyl (C=O) groups is 1. The van der Waals surface area contributed by atoms with Gasteiger partial charge >= 0.3 is 6.03 Å². The minimum absolute atomic E-state index is 0.0820. The molecule has 0 aliphatic carbocycles. The van der Waals surface area contributed by atoms with Gasteiger partial charge in [0.1, 0.15) is 5.76 Å². The summed E-state index contributed by atoms with van der Waals surface area (Å²) in [5, 5.41) is 3.03. The fourth-order valence-corrected chi connectivity index (χ4v) is 2.95. The van der Waals surface area contributed by atoms with Crippen LogP contribution >= 0.6 is 0 Å². The lowest BCUT2D eigenvalue weighted by Gasteiger charge is -2.35. The molecule has 1 fully saturated rings. The maximum atomic E-state index is 12.4. The second-order valence-electron chi connectivity index (χ2n) is 6.07. The van der Waals surface area contributed by atoms with Crippen LogP contribution in [0.1, 0.15) is 17.4 Å². The Kier molecular flexibility index (Phi) is 6.03. The molecule has 0 bridgehead atoms. The molecule has 1 aliphatic heterocycles. The molecule has 0 saturated carbocycles. The molecule has 25 heavy (non-hydrogen) atoms. The summed E-state index contributed by atoms with van der Waals surface area (Å²) in [4.78, 5) is 20.6. The summed E-state index contributed by atoms with van der Waals surface area (Å²) in [7, 11) is 1.76. The predicted octanol–water partition coefficient (Wildman–Crippen LogP) is 1.89. The highest BCUT2D eigenvalue weighted by atomic mass is 16.5. The molecule has 3 heterocycles. The number of ether oxygens (including phenoxy) is 1. The predicted molar refractivity (Wildman–Crippen MR) is 92.9 cm³/mol. The quantitative estimate of drug-likeness (QED) is 0.866. The van der Waals surface area contributed by atoms with Crippen molar-refractivity contribution in [3.05, 3.63) is 54.2 Å². The van der Waals surface area contributed by atoms with Gasteiger partial charge in [0.2, 0.25) is 0 Å². The van der Waals surface area contributed by atoms with E-state index in [2.05, 4.69) is 15.2 Å². The zero-order chi connectivity index (χ0) is 17.5. The van der Waals surface area contributed by atoms with Gasteiger partial charge in [-0.3, -0.25) is 9.88 Å². The van der Waals surface area contributed by atoms with Crippen LogP contribution in [0.25, 0.3) is 0 Å². The lowest BCUT2D eigenvalue weighted by atomic mass is 10.1. The normalized spacial score (nSPS) is 16.4. The Morgan fingerprint density at radius 1 is 1.36 bits per heavy atom. The number of urea groups is 1. The number of pyridine rings is 1. The third kappa shape index (κ3) is 4.80. The average molecular weight is 344 g/mol. The molecule has 3 rings (SSSR count). The summed E-state index contributed by atoms with van der Waals surface area (Å²) in [5.41, 5.74) is 1.10. The fraction of sp³-hybridized carbons (Fsp3) is 0.444. The fourth-order valence-electron chi connectivity index (χ4n) is 2.95. The molecule has 2 aromatic rings. The molecule has 1 N–H and O–H groups in total. The summed E-state index contributed by atoms with van der Waals surface area (Å²) in [6, 6.07) is 7.60. The summed E-state index contributed by atoms with van der Waals surface area (Å²) < 4.78 is 10.7. The van der Waals surface area contributed by atoms with E-state index in [0.29, 0.717) is 26.3 Å². The number of nitrogens with zero attached hydrogens (tertiary/aromatic N) is 3. The molecular weight excluding hydrogens is 320 g/mol. The molecule has 1 saturated heterocycles. The summed E-state index contributed by atoms with van der Waals surface area (Å²) in [5.74, 6) is 0.759. The molecule has 1 aliphatic rings. The molecule has 1 atom stereocenters. The van der Waals surface area contributed by atoms with Crippen LogP contribution in [0.4, 0.5) is 4.79 Å². The first-order valence-electron chi connectivity index (χ1n) is 8.47. The summed E-state index contributed by atoms with van der Waals surface area (Å²) in [6.45, 7) is 4.07. The number of hydrogen-bond acceptors (Lipinski definition) is 5. The smallest absolute Gasteiger partial charge is 0.317 e. The molecule has 7 nitrogen and oxygen atoms in total. The van der Waals surface area contributed by atoms with Crippen molar-refractivity contribution in [3.8, 4) is 0 Å². The van der Waals surface area contributed by atoms with Crippen LogP contribution in [-0.4, -0.2) is 60.7 Å². The van der Waals surface area contributed by atoms with Gasteiger partial charge in [0.25, 0.3) is 0 Å². The molecule has 0 spiro atoms. The van der Waals surface area contributed by atoms with Crippen LogP contribution < -0.4 is 5.32 Å². The number of rotatable bonds is 6. The number of aromatic nitrogens is 1. The van der Waals surface area contributed by atoms with Crippen molar-refractivity contribution < 1.29 is 13.9 Å². The molecule has 2 aromatic heterocycles.